The fourth-order valence-corrected chi connectivity index (χ4v) is 1.95. The Hall–Kier alpha value is -1.65. The van der Waals surface area contributed by atoms with Crippen LogP contribution in [0.3, 0.4) is 0 Å². The Morgan fingerprint density at radius 2 is 2.29 bits per heavy atom. The molecule has 1 N–H and O–H groups in total. The summed E-state index contributed by atoms with van der Waals surface area (Å²) in [5.41, 5.74) is 2.36. The molecule has 1 aromatic carbocycles. The molecular formula is C12H8ClNO2S. The molecule has 2 aromatic rings. The van der Waals surface area contributed by atoms with Gasteiger partial charge in [-0.1, -0.05) is 23.7 Å². The van der Waals surface area contributed by atoms with E-state index in [-0.39, 0.29) is 16.6 Å². The van der Waals surface area contributed by atoms with Crippen molar-refractivity contribution in [3.8, 4) is 5.75 Å². The monoisotopic (exact) mass is 265 g/mol. The number of benzene rings is 1. The van der Waals surface area contributed by atoms with Crippen LogP contribution in [0.2, 0.25) is 5.02 Å². The van der Waals surface area contributed by atoms with Crippen LogP contribution in [0, 0.1) is 0 Å². The summed E-state index contributed by atoms with van der Waals surface area (Å²) in [6.45, 7) is 0. The third-order valence-corrected chi connectivity index (χ3v) is 3.16. The van der Waals surface area contributed by atoms with Gasteiger partial charge in [0.1, 0.15) is 5.75 Å². The maximum absolute atomic E-state index is 11.6. The van der Waals surface area contributed by atoms with Crippen molar-refractivity contribution < 1.29 is 9.90 Å². The summed E-state index contributed by atoms with van der Waals surface area (Å²) in [6.07, 6.45) is 4.63. The van der Waals surface area contributed by atoms with Gasteiger partial charge in [-0.25, -0.2) is 0 Å². The lowest BCUT2D eigenvalue weighted by atomic mass is 10.2. The Bertz CT molecular complexity index is 564. The van der Waals surface area contributed by atoms with Crippen molar-refractivity contribution in [3.05, 3.63) is 51.4 Å². The molecule has 5 heteroatoms. The Balaban J connectivity index is 2.15. The van der Waals surface area contributed by atoms with Gasteiger partial charge in [-0.15, -0.1) is 11.3 Å². The summed E-state index contributed by atoms with van der Waals surface area (Å²) in [7, 11) is 0. The first kappa shape index (κ1) is 11.8. The predicted octanol–water partition coefficient (Wildman–Crippen LogP) is 3.40. The first-order valence-electron chi connectivity index (χ1n) is 4.76. The van der Waals surface area contributed by atoms with Crippen molar-refractivity contribution in [1.29, 1.82) is 0 Å². The summed E-state index contributed by atoms with van der Waals surface area (Å²) in [4.78, 5) is 16.1. The highest BCUT2D eigenvalue weighted by Crippen LogP contribution is 2.24. The molecule has 0 bridgehead atoms. The lowest BCUT2D eigenvalue weighted by molar-refractivity contribution is 0.105. The molecule has 86 valence electrons. The molecule has 0 saturated carbocycles. The highest BCUT2D eigenvalue weighted by atomic mass is 35.5. The van der Waals surface area contributed by atoms with E-state index >= 15 is 0 Å². The molecule has 0 aliphatic rings. The first-order valence-corrected chi connectivity index (χ1v) is 6.02. The van der Waals surface area contributed by atoms with E-state index in [1.54, 1.807) is 23.7 Å². The molecule has 0 radical (unpaired) electrons. The number of aromatic nitrogens is 1. The molecule has 0 amide bonds. The van der Waals surface area contributed by atoms with E-state index in [0.717, 1.165) is 5.56 Å². The van der Waals surface area contributed by atoms with E-state index in [1.165, 1.54) is 29.7 Å². The molecule has 0 spiro atoms. The summed E-state index contributed by atoms with van der Waals surface area (Å²) in [5, 5.41) is 9.50. The number of aromatic hydroxyl groups is 1. The third-order valence-electron chi connectivity index (χ3n) is 2.07. The number of halogens is 1. The zero-order valence-corrected chi connectivity index (χ0v) is 10.2. The fourth-order valence-electron chi connectivity index (χ4n) is 1.22. The van der Waals surface area contributed by atoms with Gasteiger partial charge in [-0.05, 0) is 23.8 Å². The van der Waals surface area contributed by atoms with E-state index in [9.17, 15) is 9.90 Å². The number of thiazole rings is 1. The Morgan fingerprint density at radius 1 is 1.47 bits per heavy atom. The molecule has 2 rings (SSSR count). The van der Waals surface area contributed by atoms with Crippen LogP contribution in [0.1, 0.15) is 15.2 Å². The van der Waals surface area contributed by atoms with Crippen LogP contribution < -0.4 is 0 Å². The van der Waals surface area contributed by atoms with Crippen LogP contribution in [-0.2, 0) is 0 Å². The van der Waals surface area contributed by atoms with Crippen molar-refractivity contribution in [1.82, 2.24) is 4.98 Å². The molecule has 3 nitrogen and oxygen atoms in total. The number of nitrogens with zero attached hydrogens (tertiary/aromatic N) is 1. The predicted molar refractivity (Wildman–Crippen MR) is 68.6 cm³/mol. The van der Waals surface area contributed by atoms with Crippen LogP contribution in [0.25, 0.3) is 6.08 Å². The normalized spacial score (nSPS) is 10.9. The minimum absolute atomic E-state index is 0.0256. The zero-order valence-electron chi connectivity index (χ0n) is 8.63. The number of phenolic OH excluding ortho intramolecular Hbond substituents is 1. The van der Waals surface area contributed by atoms with Gasteiger partial charge in [0.2, 0.25) is 0 Å². The zero-order chi connectivity index (χ0) is 12.3. The Kier molecular flexibility index (Phi) is 3.56. The number of phenols is 1. The topological polar surface area (TPSA) is 50.2 Å². The average molecular weight is 266 g/mol. The van der Waals surface area contributed by atoms with E-state index in [2.05, 4.69) is 4.98 Å². The van der Waals surface area contributed by atoms with Crippen LogP contribution in [-0.4, -0.2) is 15.9 Å². The molecule has 0 aliphatic carbocycles. The summed E-state index contributed by atoms with van der Waals surface area (Å²) in [5.74, 6) is -0.0747. The smallest absolute Gasteiger partial charge is 0.197 e. The molecule has 0 unspecified atom stereocenters. The summed E-state index contributed by atoms with van der Waals surface area (Å²) in [6, 6.07) is 4.75. The van der Waals surface area contributed by atoms with Crippen molar-refractivity contribution in [2.24, 2.45) is 0 Å². The van der Waals surface area contributed by atoms with Crippen LogP contribution in [0.5, 0.6) is 5.75 Å². The molecule has 0 saturated heterocycles. The molecule has 0 fully saturated rings. The Labute approximate surface area is 107 Å². The minimum atomic E-state index is -0.100. The van der Waals surface area contributed by atoms with E-state index in [0.29, 0.717) is 4.88 Å². The molecule has 1 aromatic heterocycles. The van der Waals surface area contributed by atoms with Gasteiger partial charge in [-0.2, -0.15) is 0 Å². The molecular weight excluding hydrogens is 258 g/mol. The second-order valence-corrected chi connectivity index (χ2v) is 4.57. The van der Waals surface area contributed by atoms with E-state index in [4.69, 9.17) is 11.6 Å². The highest BCUT2D eigenvalue weighted by molar-refractivity contribution is 7.11. The fraction of sp³-hybridized carbons (Fsp3) is 0. The largest absolute Gasteiger partial charge is 0.506 e. The number of allylic oxidation sites excluding steroid dienone is 1. The van der Waals surface area contributed by atoms with Crippen LogP contribution in [0.15, 0.2) is 36.0 Å². The number of ketones is 1. The number of hydrogen-bond acceptors (Lipinski definition) is 4. The number of hydrogen-bond donors (Lipinski definition) is 1. The summed E-state index contributed by atoms with van der Waals surface area (Å²) >= 11 is 7.05. The van der Waals surface area contributed by atoms with Crippen molar-refractivity contribution in [3.63, 3.8) is 0 Å². The number of carbonyl (C=O) groups excluding carboxylic acids is 1. The maximum atomic E-state index is 11.6. The van der Waals surface area contributed by atoms with Gasteiger partial charge in [-0.3, -0.25) is 9.78 Å². The van der Waals surface area contributed by atoms with Crippen LogP contribution >= 0.6 is 22.9 Å². The van der Waals surface area contributed by atoms with Crippen LogP contribution in [0.4, 0.5) is 0 Å². The lowest BCUT2D eigenvalue weighted by Gasteiger charge is -1.97. The van der Waals surface area contributed by atoms with Crippen molar-refractivity contribution in [2.45, 2.75) is 0 Å². The van der Waals surface area contributed by atoms with Crippen molar-refractivity contribution >= 4 is 34.8 Å². The van der Waals surface area contributed by atoms with Gasteiger partial charge in [0.15, 0.2) is 5.78 Å². The van der Waals surface area contributed by atoms with Gasteiger partial charge in [0.05, 0.1) is 15.4 Å². The SMILES string of the molecule is O=C(/C=C/c1ccc(O)c(Cl)c1)c1cncs1. The molecule has 17 heavy (non-hydrogen) atoms. The molecule has 1 heterocycles. The van der Waals surface area contributed by atoms with Gasteiger partial charge < -0.3 is 5.11 Å². The highest BCUT2D eigenvalue weighted by Gasteiger charge is 2.03. The molecule has 0 aliphatic heterocycles. The Morgan fingerprint density at radius 3 is 2.94 bits per heavy atom. The quantitative estimate of drug-likeness (QED) is 0.684. The second kappa shape index (κ2) is 5.12. The van der Waals surface area contributed by atoms with Gasteiger partial charge in [0, 0.05) is 6.20 Å². The maximum Gasteiger partial charge on any atom is 0.197 e. The number of rotatable bonds is 3. The summed E-state index contributed by atoms with van der Waals surface area (Å²) < 4.78 is 0. The number of carbonyl (C=O) groups is 1. The van der Waals surface area contributed by atoms with E-state index in [1.807, 2.05) is 0 Å². The second-order valence-electron chi connectivity index (χ2n) is 3.27. The van der Waals surface area contributed by atoms with E-state index < -0.39 is 0 Å². The standard InChI is InChI=1S/C12H8ClNO2S/c13-9-5-8(1-3-10(9)15)2-4-11(16)12-6-14-7-17-12/h1-7,15H/b4-2+. The average Bonchev–Trinajstić information content (AvgIpc) is 2.84. The minimum Gasteiger partial charge on any atom is -0.506 e. The van der Waals surface area contributed by atoms with Gasteiger partial charge in [0.25, 0.3) is 0 Å². The lowest BCUT2D eigenvalue weighted by Crippen LogP contribution is -1.88. The third kappa shape index (κ3) is 2.93. The first-order chi connectivity index (χ1) is 8.16. The van der Waals surface area contributed by atoms with Gasteiger partial charge >= 0.3 is 0 Å². The van der Waals surface area contributed by atoms with Crippen molar-refractivity contribution in [2.75, 3.05) is 0 Å². The molecule has 0 atom stereocenters.